The van der Waals surface area contributed by atoms with Gasteiger partial charge >= 0.3 is 0 Å². The van der Waals surface area contributed by atoms with Crippen LogP contribution in [0.2, 0.25) is 0 Å². The van der Waals surface area contributed by atoms with Gasteiger partial charge in [-0.25, -0.2) is 9.07 Å². The topological polar surface area (TPSA) is 63.1 Å². The van der Waals surface area contributed by atoms with Crippen LogP contribution in [-0.2, 0) is 0 Å². The summed E-state index contributed by atoms with van der Waals surface area (Å²) in [5, 5.41) is 4.37. The van der Waals surface area contributed by atoms with E-state index in [-0.39, 0.29) is 29.2 Å². The Morgan fingerprint density at radius 2 is 1.94 bits per heavy atom. The van der Waals surface area contributed by atoms with E-state index in [1.165, 1.54) is 16.8 Å². The number of amides is 1. The summed E-state index contributed by atoms with van der Waals surface area (Å²) in [6, 6.07) is 11.8. The molecule has 0 bridgehead atoms. The summed E-state index contributed by atoms with van der Waals surface area (Å²) in [6.45, 7) is 6.32. The number of nitrogens with zero attached hydrogens (tertiary/aromatic N) is 1. The molecule has 1 aliphatic carbocycles. The first-order valence-electron chi connectivity index (χ1n) is 11.4. The van der Waals surface area contributed by atoms with Crippen molar-refractivity contribution < 1.29 is 9.18 Å². The van der Waals surface area contributed by atoms with Crippen molar-refractivity contribution in [3.63, 3.8) is 0 Å². The number of carbonyl (C=O) groups is 1. The highest BCUT2D eigenvalue weighted by Crippen LogP contribution is 2.38. The van der Waals surface area contributed by atoms with E-state index < -0.39 is 0 Å². The molecule has 1 saturated carbocycles. The summed E-state index contributed by atoms with van der Waals surface area (Å²) in [6.07, 6.45) is 3.96. The number of pyridine rings is 1. The van der Waals surface area contributed by atoms with Crippen molar-refractivity contribution in [1.82, 2.24) is 9.99 Å². The Labute approximate surface area is 187 Å². The number of rotatable bonds is 7. The third-order valence-electron chi connectivity index (χ3n) is 6.52. The molecular weight excluding hydrogens is 405 g/mol. The van der Waals surface area contributed by atoms with E-state index in [1.807, 2.05) is 38.1 Å². The van der Waals surface area contributed by atoms with Crippen molar-refractivity contribution in [2.75, 3.05) is 12.0 Å². The van der Waals surface area contributed by atoms with Crippen LogP contribution in [0.1, 0.15) is 65.8 Å². The predicted octanol–water partition coefficient (Wildman–Crippen LogP) is 4.98. The molecule has 2 aromatic carbocycles. The number of hydrogen-bond donors (Lipinski definition) is 2. The zero-order valence-corrected chi connectivity index (χ0v) is 18.9. The number of benzene rings is 2. The fourth-order valence-corrected chi connectivity index (χ4v) is 4.59. The average molecular weight is 436 g/mol. The minimum atomic E-state index is -0.310. The summed E-state index contributed by atoms with van der Waals surface area (Å²) >= 11 is 0. The van der Waals surface area contributed by atoms with E-state index in [2.05, 4.69) is 10.7 Å². The molecule has 0 radical (unpaired) electrons. The Morgan fingerprint density at radius 1 is 1.19 bits per heavy atom. The number of aryl methyl sites for hydroxylation is 1. The molecule has 168 valence electrons. The van der Waals surface area contributed by atoms with Gasteiger partial charge in [0, 0.05) is 11.9 Å². The lowest BCUT2D eigenvalue weighted by atomic mass is 9.77. The molecule has 1 atom stereocenters. The molecule has 0 saturated heterocycles. The quantitative estimate of drug-likeness (QED) is 0.550. The van der Waals surface area contributed by atoms with Gasteiger partial charge in [-0.05, 0) is 62.3 Å². The van der Waals surface area contributed by atoms with Crippen LogP contribution in [0.4, 0.5) is 4.39 Å². The highest BCUT2D eigenvalue weighted by Gasteiger charge is 2.31. The number of nitrogens with one attached hydrogen (secondary N) is 2. The molecule has 0 unspecified atom stereocenters. The van der Waals surface area contributed by atoms with Crippen LogP contribution in [-0.4, -0.2) is 17.1 Å². The second-order valence-corrected chi connectivity index (χ2v) is 8.70. The first-order valence-corrected chi connectivity index (χ1v) is 11.4. The van der Waals surface area contributed by atoms with Crippen LogP contribution in [0.25, 0.3) is 10.8 Å². The molecule has 1 fully saturated rings. The van der Waals surface area contributed by atoms with Gasteiger partial charge in [0.05, 0.1) is 22.7 Å². The minimum Gasteiger partial charge on any atom is -0.345 e. The van der Waals surface area contributed by atoms with Crippen molar-refractivity contribution in [3.05, 3.63) is 81.0 Å². The Balaban J connectivity index is 1.81. The smallest absolute Gasteiger partial charge is 0.277 e. The Hall–Kier alpha value is -3.15. The number of hydrogen-bond acceptors (Lipinski definition) is 3. The van der Waals surface area contributed by atoms with E-state index in [0.717, 1.165) is 36.8 Å². The highest BCUT2D eigenvalue weighted by atomic mass is 19.1. The maximum Gasteiger partial charge on any atom is 0.277 e. The van der Waals surface area contributed by atoms with Crippen LogP contribution >= 0.6 is 0 Å². The summed E-state index contributed by atoms with van der Waals surface area (Å²) in [5.74, 6) is -0.278. The lowest BCUT2D eigenvalue weighted by Gasteiger charge is -2.35. The normalized spacial score (nSPS) is 14.8. The molecule has 1 aromatic heterocycles. The fourth-order valence-electron chi connectivity index (χ4n) is 4.59. The summed E-state index contributed by atoms with van der Waals surface area (Å²) < 4.78 is 15.4. The van der Waals surface area contributed by atoms with Gasteiger partial charge in [-0.1, -0.05) is 43.7 Å². The lowest BCUT2D eigenvalue weighted by Crippen LogP contribution is -2.39. The molecule has 1 aliphatic rings. The second-order valence-electron chi connectivity index (χ2n) is 8.70. The summed E-state index contributed by atoms with van der Waals surface area (Å²) in [7, 11) is 0. The Bertz CT molecular complexity index is 1210. The number of carbonyl (C=O) groups excluding carboxylic acids is 1. The van der Waals surface area contributed by atoms with Crippen LogP contribution in [0.3, 0.4) is 0 Å². The van der Waals surface area contributed by atoms with E-state index in [9.17, 15) is 14.0 Å². The standard InChI is InChI=1S/C26H30FN3O2/c1-4-14-28-30-17(3)23(21-13-5-8-16(2)22(21)26(30)32)25(31)29-24(18-9-6-10-18)19-11-7-12-20(27)15-19/h5,7-8,11-13,15,18,24,28H,4,6,9-10,14H2,1-3H3,(H,29,31)/t24-/m0/s1. The molecule has 1 heterocycles. The van der Waals surface area contributed by atoms with Crippen LogP contribution in [0.15, 0.2) is 47.3 Å². The van der Waals surface area contributed by atoms with E-state index >= 15 is 0 Å². The maximum absolute atomic E-state index is 13.9. The van der Waals surface area contributed by atoms with E-state index in [4.69, 9.17) is 0 Å². The van der Waals surface area contributed by atoms with Crippen molar-refractivity contribution in [3.8, 4) is 0 Å². The average Bonchev–Trinajstić information content (AvgIpc) is 2.72. The van der Waals surface area contributed by atoms with E-state index in [1.54, 1.807) is 13.0 Å². The predicted molar refractivity (Wildman–Crippen MR) is 126 cm³/mol. The molecular formula is C26H30FN3O2. The third-order valence-corrected chi connectivity index (χ3v) is 6.52. The van der Waals surface area contributed by atoms with Gasteiger partial charge in [0.2, 0.25) is 0 Å². The van der Waals surface area contributed by atoms with Gasteiger partial charge in [-0.15, -0.1) is 0 Å². The SMILES string of the molecule is CCCNn1c(C)c(C(=O)N[C@H](c2cccc(F)c2)C2CCC2)c2cccc(C)c2c1=O. The first kappa shape index (κ1) is 22.1. The molecule has 0 spiro atoms. The van der Waals surface area contributed by atoms with Crippen LogP contribution in [0.5, 0.6) is 0 Å². The van der Waals surface area contributed by atoms with Crippen molar-refractivity contribution >= 4 is 16.7 Å². The second kappa shape index (κ2) is 9.15. The number of fused-ring (bicyclic) bond motifs is 1. The summed E-state index contributed by atoms with van der Waals surface area (Å²) in [5.41, 5.74) is 5.66. The lowest BCUT2D eigenvalue weighted by molar-refractivity contribution is 0.0900. The van der Waals surface area contributed by atoms with Crippen molar-refractivity contribution in [1.29, 1.82) is 0 Å². The Kier molecular flexibility index (Phi) is 6.31. The highest BCUT2D eigenvalue weighted by molar-refractivity contribution is 6.08. The number of aromatic nitrogens is 1. The molecule has 2 N–H and O–H groups in total. The number of halogens is 1. The zero-order valence-electron chi connectivity index (χ0n) is 18.9. The maximum atomic E-state index is 13.9. The Morgan fingerprint density at radius 3 is 2.59 bits per heavy atom. The monoisotopic (exact) mass is 435 g/mol. The molecule has 32 heavy (non-hydrogen) atoms. The van der Waals surface area contributed by atoms with Gasteiger partial charge in [0.25, 0.3) is 11.5 Å². The third kappa shape index (κ3) is 4.01. The van der Waals surface area contributed by atoms with Gasteiger partial charge in [0.15, 0.2) is 0 Å². The molecule has 1 amide bonds. The van der Waals surface area contributed by atoms with Gasteiger partial charge < -0.3 is 10.7 Å². The van der Waals surface area contributed by atoms with E-state index in [0.29, 0.717) is 28.6 Å². The minimum absolute atomic E-state index is 0.152. The van der Waals surface area contributed by atoms with Gasteiger partial charge in [-0.2, -0.15) is 0 Å². The van der Waals surface area contributed by atoms with Crippen LogP contribution < -0.4 is 16.3 Å². The molecule has 5 nitrogen and oxygen atoms in total. The molecule has 0 aliphatic heterocycles. The molecule has 3 aromatic rings. The van der Waals surface area contributed by atoms with Crippen LogP contribution in [0, 0.1) is 25.6 Å². The first-order chi connectivity index (χ1) is 15.4. The van der Waals surface area contributed by atoms with Gasteiger partial charge in [-0.3, -0.25) is 9.59 Å². The zero-order chi connectivity index (χ0) is 22.8. The van der Waals surface area contributed by atoms with Crippen molar-refractivity contribution in [2.45, 2.75) is 52.5 Å². The van der Waals surface area contributed by atoms with Crippen molar-refractivity contribution in [2.24, 2.45) is 5.92 Å². The van der Waals surface area contributed by atoms with Gasteiger partial charge in [0.1, 0.15) is 5.82 Å². The summed E-state index contributed by atoms with van der Waals surface area (Å²) in [4.78, 5) is 26.9. The molecule has 4 rings (SSSR count). The largest absolute Gasteiger partial charge is 0.345 e. The molecule has 6 heteroatoms. The fraction of sp³-hybridized carbons (Fsp3) is 0.385.